The first-order valence-corrected chi connectivity index (χ1v) is 3.39. The molecule has 0 atom stereocenters. The fraction of sp³-hybridized carbons (Fsp3) is 0.667. The van der Waals surface area contributed by atoms with Gasteiger partial charge in [-0.2, -0.15) is 0 Å². The Morgan fingerprint density at radius 3 is 2.73 bits per heavy atom. The Hall–Kier alpha value is -1.26. The molecule has 0 fully saturated rings. The van der Waals surface area contributed by atoms with Gasteiger partial charge in [-0.15, -0.1) is 0 Å². The molecule has 0 radical (unpaired) electrons. The zero-order chi connectivity index (χ0) is 8.69. The van der Waals surface area contributed by atoms with Crippen LogP contribution in [0.15, 0.2) is 4.99 Å². The lowest BCUT2D eigenvalue weighted by molar-refractivity contribution is 0.243. The second-order valence-corrected chi connectivity index (χ2v) is 2.03. The monoisotopic (exact) mass is 158 g/mol. The molecule has 0 saturated carbocycles. The van der Waals surface area contributed by atoms with Crippen LogP contribution >= 0.6 is 0 Å². The van der Waals surface area contributed by atoms with E-state index in [-0.39, 0.29) is 6.03 Å². The zero-order valence-corrected chi connectivity index (χ0v) is 6.85. The lowest BCUT2D eigenvalue weighted by Gasteiger charge is -2.00. The van der Waals surface area contributed by atoms with Gasteiger partial charge in [-0.25, -0.2) is 4.79 Å². The summed E-state index contributed by atoms with van der Waals surface area (Å²) in [6.45, 7) is 2.74. The molecule has 0 aromatic carbocycles. The van der Waals surface area contributed by atoms with Gasteiger partial charge >= 0.3 is 6.03 Å². The van der Waals surface area contributed by atoms with Crippen LogP contribution in [0.3, 0.4) is 0 Å². The number of nitrogens with two attached hydrogens (primary N) is 1. The molecular formula is C6H14N4O. The SMILES string of the molecule is CNC(=O)NCCN=C(C)N. The van der Waals surface area contributed by atoms with E-state index in [1.807, 2.05) is 0 Å². The lowest BCUT2D eigenvalue weighted by atomic mass is 10.6. The van der Waals surface area contributed by atoms with E-state index in [2.05, 4.69) is 15.6 Å². The van der Waals surface area contributed by atoms with Crippen LogP contribution < -0.4 is 16.4 Å². The number of hydrogen-bond donors (Lipinski definition) is 3. The third-order valence-corrected chi connectivity index (χ3v) is 0.986. The molecule has 11 heavy (non-hydrogen) atoms. The minimum atomic E-state index is -0.199. The van der Waals surface area contributed by atoms with Gasteiger partial charge in [-0.1, -0.05) is 0 Å². The standard InChI is InChI=1S/C6H14N4O/c1-5(7)9-3-4-10-6(11)8-2/h3-4H2,1-2H3,(H2,7,9)(H2,8,10,11). The van der Waals surface area contributed by atoms with Crippen LogP contribution in [-0.2, 0) is 0 Å². The summed E-state index contributed by atoms with van der Waals surface area (Å²) in [6.07, 6.45) is 0. The van der Waals surface area contributed by atoms with Gasteiger partial charge in [0, 0.05) is 13.6 Å². The van der Waals surface area contributed by atoms with Crippen LogP contribution in [0.4, 0.5) is 4.79 Å². The van der Waals surface area contributed by atoms with Crippen molar-refractivity contribution in [2.75, 3.05) is 20.1 Å². The second-order valence-electron chi connectivity index (χ2n) is 2.03. The molecule has 0 aliphatic heterocycles. The van der Waals surface area contributed by atoms with Crippen molar-refractivity contribution in [3.05, 3.63) is 0 Å². The number of nitrogens with zero attached hydrogens (tertiary/aromatic N) is 1. The van der Waals surface area contributed by atoms with E-state index in [4.69, 9.17) is 5.73 Å². The van der Waals surface area contributed by atoms with E-state index >= 15 is 0 Å². The lowest BCUT2D eigenvalue weighted by Crippen LogP contribution is -2.34. The van der Waals surface area contributed by atoms with Gasteiger partial charge < -0.3 is 16.4 Å². The highest BCUT2D eigenvalue weighted by atomic mass is 16.2. The Labute approximate surface area is 66.1 Å². The van der Waals surface area contributed by atoms with E-state index < -0.39 is 0 Å². The van der Waals surface area contributed by atoms with Gasteiger partial charge in [0.25, 0.3) is 0 Å². The van der Waals surface area contributed by atoms with Gasteiger partial charge in [0.2, 0.25) is 0 Å². The van der Waals surface area contributed by atoms with E-state index in [0.29, 0.717) is 18.9 Å². The Morgan fingerprint density at radius 2 is 2.27 bits per heavy atom. The topological polar surface area (TPSA) is 79.5 Å². The number of aliphatic imine (C=N–C) groups is 1. The van der Waals surface area contributed by atoms with Crippen molar-refractivity contribution >= 4 is 11.9 Å². The smallest absolute Gasteiger partial charge is 0.314 e. The Morgan fingerprint density at radius 1 is 1.64 bits per heavy atom. The first-order chi connectivity index (χ1) is 5.16. The van der Waals surface area contributed by atoms with E-state index in [0.717, 1.165) is 0 Å². The highest BCUT2D eigenvalue weighted by molar-refractivity contribution is 5.77. The predicted octanol–water partition coefficient (Wildman–Crippen LogP) is -0.707. The number of nitrogens with one attached hydrogen (secondary N) is 2. The zero-order valence-electron chi connectivity index (χ0n) is 6.85. The van der Waals surface area contributed by atoms with Crippen molar-refractivity contribution in [1.82, 2.24) is 10.6 Å². The number of amidine groups is 1. The third-order valence-electron chi connectivity index (χ3n) is 0.986. The maximum Gasteiger partial charge on any atom is 0.314 e. The molecule has 0 saturated heterocycles. The Bertz CT molecular complexity index is 151. The molecule has 0 bridgehead atoms. The molecule has 0 unspecified atom stereocenters. The highest BCUT2D eigenvalue weighted by Crippen LogP contribution is 1.69. The number of carbonyl (C=O) groups excluding carboxylic acids is 1. The van der Waals surface area contributed by atoms with Crippen LogP contribution in [0.2, 0.25) is 0 Å². The van der Waals surface area contributed by atoms with Gasteiger partial charge in [0.1, 0.15) is 0 Å². The summed E-state index contributed by atoms with van der Waals surface area (Å²) in [5.74, 6) is 0.531. The normalized spacial score (nSPS) is 10.9. The summed E-state index contributed by atoms with van der Waals surface area (Å²) < 4.78 is 0. The average molecular weight is 158 g/mol. The summed E-state index contributed by atoms with van der Waals surface area (Å²) >= 11 is 0. The van der Waals surface area contributed by atoms with Crippen molar-refractivity contribution < 1.29 is 4.79 Å². The van der Waals surface area contributed by atoms with Crippen molar-refractivity contribution in [2.45, 2.75) is 6.92 Å². The molecule has 0 spiro atoms. The minimum absolute atomic E-state index is 0.199. The van der Waals surface area contributed by atoms with Crippen LogP contribution in [0.1, 0.15) is 6.92 Å². The van der Waals surface area contributed by atoms with Crippen LogP contribution in [0.5, 0.6) is 0 Å². The van der Waals surface area contributed by atoms with Crippen LogP contribution in [0.25, 0.3) is 0 Å². The summed E-state index contributed by atoms with van der Waals surface area (Å²) in [5, 5.41) is 5.00. The van der Waals surface area contributed by atoms with Gasteiger partial charge in [-0.05, 0) is 6.92 Å². The molecule has 64 valence electrons. The number of hydrogen-bond acceptors (Lipinski definition) is 2. The molecule has 0 aromatic rings. The van der Waals surface area contributed by atoms with Crippen molar-refractivity contribution in [3.8, 4) is 0 Å². The summed E-state index contributed by atoms with van der Waals surface area (Å²) in [6, 6.07) is -0.199. The first-order valence-electron chi connectivity index (χ1n) is 3.39. The molecule has 0 aliphatic rings. The second kappa shape index (κ2) is 5.52. The largest absolute Gasteiger partial charge is 0.388 e. The molecular weight excluding hydrogens is 144 g/mol. The van der Waals surface area contributed by atoms with Crippen LogP contribution in [-0.4, -0.2) is 32.0 Å². The van der Waals surface area contributed by atoms with E-state index in [1.165, 1.54) is 0 Å². The fourth-order valence-corrected chi connectivity index (χ4v) is 0.490. The van der Waals surface area contributed by atoms with E-state index in [9.17, 15) is 4.79 Å². The van der Waals surface area contributed by atoms with Crippen molar-refractivity contribution in [3.63, 3.8) is 0 Å². The number of rotatable bonds is 3. The van der Waals surface area contributed by atoms with Gasteiger partial charge in [0.15, 0.2) is 0 Å². The third kappa shape index (κ3) is 6.63. The molecule has 5 heteroatoms. The van der Waals surface area contributed by atoms with Crippen molar-refractivity contribution in [1.29, 1.82) is 0 Å². The molecule has 2 amide bonds. The Kier molecular flexibility index (Phi) is 4.89. The first kappa shape index (κ1) is 9.74. The molecule has 0 aromatic heterocycles. The average Bonchev–Trinajstić information content (AvgIpc) is 1.97. The quantitative estimate of drug-likeness (QED) is 0.288. The Balaban J connectivity index is 3.28. The highest BCUT2D eigenvalue weighted by Gasteiger charge is 1.91. The van der Waals surface area contributed by atoms with Crippen molar-refractivity contribution in [2.24, 2.45) is 10.7 Å². The molecule has 5 nitrogen and oxygen atoms in total. The summed E-state index contributed by atoms with van der Waals surface area (Å²) in [5.41, 5.74) is 5.26. The van der Waals surface area contributed by atoms with E-state index in [1.54, 1.807) is 14.0 Å². The maximum atomic E-state index is 10.6. The maximum absolute atomic E-state index is 10.6. The molecule has 0 rings (SSSR count). The number of urea groups is 1. The minimum Gasteiger partial charge on any atom is -0.388 e. The number of carbonyl (C=O) groups is 1. The van der Waals surface area contributed by atoms with Crippen LogP contribution in [0, 0.1) is 0 Å². The molecule has 0 heterocycles. The summed E-state index contributed by atoms with van der Waals surface area (Å²) in [7, 11) is 1.56. The molecule has 4 N–H and O–H groups in total. The van der Waals surface area contributed by atoms with Gasteiger partial charge in [-0.3, -0.25) is 4.99 Å². The predicted molar refractivity (Wildman–Crippen MR) is 44.6 cm³/mol. The summed E-state index contributed by atoms with van der Waals surface area (Å²) in [4.78, 5) is 14.4. The van der Waals surface area contributed by atoms with Gasteiger partial charge in [0.05, 0.1) is 12.4 Å². The fourth-order valence-electron chi connectivity index (χ4n) is 0.490. The number of amides is 2. The molecule has 0 aliphatic carbocycles.